The molecular weight excluding hydrogens is 373 g/mol. The maximum atomic E-state index is 12.4. The van der Waals surface area contributed by atoms with E-state index >= 15 is 0 Å². The molecule has 26 heavy (non-hydrogen) atoms. The van der Waals surface area contributed by atoms with Gasteiger partial charge in [-0.3, -0.25) is 9.78 Å². The van der Waals surface area contributed by atoms with Gasteiger partial charge < -0.3 is 10.6 Å². The van der Waals surface area contributed by atoms with Crippen LogP contribution in [-0.4, -0.2) is 20.9 Å². The Balaban J connectivity index is 1.75. The third-order valence-corrected chi connectivity index (χ3v) is 3.82. The van der Waals surface area contributed by atoms with Gasteiger partial charge in [0.05, 0.1) is 0 Å². The van der Waals surface area contributed by atoms with Gasteiger partial charge in [-0.25, -0.2) is 9.97 Å². The number of nitrogens with zero attached hydrogens (tertiary/aromatic N) is 3. The number of carbonyl (C=O) groups is 1. The van der Waals surface area contributed by atoms with Crippen molar-refractivity contribution in [2.45, 2.75) is 13.5 Å². The van der Waals surface area contributed by atoms with E-state index in [2.05, 4.69) is 25.6 Å². The lowest BCUT2D eigenvalue weighted by atomic mass is 10.2. The summed E-state index contributed by atoms with van der Waals surface area (Å²) >= 11 is 12.0. The number of halogens is 2. The maximum Gasteiger partial charge on any atom is 0.270 e. The zero-order valence-corrected chi connectivity index (χ0v) is 15.3. The molecule has 0 aliphatic rings. The standard InChI is InChI=1S/C18H15Cl2N5O/c1-11-5-16(17(26)22-10-12-3-2-4-21-9-12)25-18(23-11)24-15-7-13(19)6-14(20)8-15/h2-9H,10H2,1H3,(H,22,26)(H,23,24,25). The van der Waals surface area contributed by atoms with Crippen molar-refractivity contribution in [1.29, 1.82) is 0 Å². The molecule has 6 nitrogen and oxygen atoms in total. The maximum absolute atomic E-state index is 12.4. The molecule has 3 aromatic rings. The van der Waals surface area contributed by atoms with Crippen molar-refractivity contribution in [3.63, 3.8) is 0 Å². The largest absolute Gasteiger partial charge is 0.347 e. The van der Waals surface area contributed by atoms with Crippen molar-refractivity contribution in [1.82, 2.24) is 20.3 Å². The summed E-state index contributed by atoms with van der Waals surface area (Å²) in [6, 6.07) is 10.3. The van der Waals surface area contributed by atoms with E-state index in [4.69, 9.17) is 23.2 Å². The first-order valence-electron chi connectivity index (χ1n) is 7.75. The summed E-state index contributed by atoms with van der Waals surface area (Å²) in [7, 11) is 0. The van der Waals surface area contributed by atoms with Crippen LogP contribution in [0.3, 0.4) is 0 Å². The fourth-order valence-corrected chi connectivity index (χ4v) is 2.80. The SMILES string of the molecule is Cc1cc(C(=O)NCc2cccnc2)nc(Nc2cc(Cl)cc(Cl)c2)n1. The highest BCUT2D eigenvalue weighted by Crippen LogP contribution is 2.24. The molecule has 8 heteroatoms. The molecule has 0 unspecified atom stereocenters. The number of aryl methyl sites for hydroxylation is 1. The number of hydrogen-bond acceptors (Lipinski definition) is 5. The van der Waals surface area contributed by atoms with E-state index in [0.717, 1.165) is 5.56 Å². The number of aromatic nitrogens is 3. The second kappa shape index (κ2) is 8.12. The Bertz CT molecular complexity index is 914. The van der Waals surface area contributed by atoms with Crippen molar-refractivity contribution in [3.05, 3.63) is 75.8 Å². The Hall–Kier alpha value is -2.70. The zero-order chi connectivity index (χ0) is 18.5. The Morgan fingerprint density at radius 2 is 1.88 bits per heavy atom. The number of pyridine rings is 1. The second-order valence-electron chi connectivity index (χ2n) is 5.55. The van der Waals surface area contributed by atoms with Crippen LogP contribution in [0, 0.1) is 6.92 Å². The van der Waals surface area contributed by atoms with Crippen LogP contribution in [0.4, 0.5) is 11.6 Å². The third-order valence-electron chi connectivity index (χ3n) is 3.38. The molecule has 0 bridgehead atoms. The molecule has 0 aliphatic heterocycles. The summed E-state index contributed by atoms with van der Waals surface area (Å²) in [5.74, 6) is -0.0126. The lowest BCUT2D eigenvalue weighted by Gasteiger charge is -2.09. The molecule has 0 aliphatic carbocycles. The van der Waals surface area contributed by atoms with Gasteiger partial charge in [-0.15, -0.1) is 0 Å². The number of benzene rings is 1. The van der Waals surface area contributed by atoms with E-state index in [0.29, 0.717) is 28.0 Å². The molecule has 2 N–H and O–H groups in total. The fraction of sp³-hybridized carbons (Fsp3) is 0.111. The molecule has 2 heterocycles. The molecule has 0 saturated heterocycles. The second-order valence-corrected chi connectivity index (χ2v) is 6.42. The summed E-state index contributed by atoms with van der Waals surface area (Å²) in [4.78, 5) is 25.0. The van der Waals surface area contributed by atoms with E-state index < -0.39 is 0 Å². The lowest BCUT2D eigenvalue weighted by molar-refractivity contribution is 0.0945. The quantitative estimate of drug-likeness (QED) is 0.686. The minimum absolute atomic E-state index is 0.261. The van der Waals surface area contributed by atoms with Crippen LogP contribution in [0.5, 0.6) is 0 Å². The molecule has 0 fully saturated rings. The van der Waals surface area contributed by atoms with Crippen LogP contribution in [0.25, 0.3) is 0 Å². The van der Waals surface area contributed by atoms with E-state index in [1.807, 2.05) is 12.1 Å². The Morgan fingerprint density at radius 3 is 2.58 bits per heavy atom. The molecule has 3 rings (SSSR count). The van der Waals surface area contributed by atoms with Crippen molar-refractivity contribution in [2.75, 3.05) is 5.32 Å². The molecule has 0 radical (unpaired) electrons. The molecule has 1 amide bonds. The number of anilines is 2. The van der Waals surface area contributed by atoms with Crippen molar-refractivity contribution in [3.8, 4) is 0 Å². The van der Waals surface area contributed by atoms with Crippen LogP contribution in [0.1, 0.15) is 21.7 Å². The molecule has 2 aromatic heterocycles. The third kappa shape index (κ3) is 4.91. The van der Waals surface area contributed by atoms with Gasteiger partial charge >= 0.3 is 0 Å². The average molecular weight is 388 g/mol. The Kier molecular flexibility index (Phi) is 5.65. The molecule has 0 saturated carbocycles. The molecule has 0 atom stereocenters. The van der Waals surface area contributed by atoms with Crippen LogP contribution in [0.15, 0.2) is 48.8 Å². The molecule has 132 valence electrons. The van der Waals surface area contributed by atoms with Gasteiger partial charge in [0, 0.05) is 40.4 Å². The predicted octanol–water partition coefficient (Wildman–Crippen LogP) is 4.16. The first-order chi connectivity index (χ1) is 12.5. The van der Waals surface area contributed by atoms with Gasteiger partial charge in [0.25, 0.3) is 5.91 Å². The predicted molar refractivity (Wildman–Crippen MR) is 102 cm³/mol. The van der Waals surface area contributed by atoms with Gasteiger partial charge in [0.1, 0.15) is 5.69 Å². The van der Waals surface area contributed by atoms with Crippen LogP contribution >= 0.6 is 23.2 Å². The van der Waals surface area contributed by atoms with E-state index in [1.165, 1.54) is 0 Å². The van der Waals surface area contributed by atoms with Gasteiger partial charge in [-0.1, -0.05) is 29.3 Å². The van der Waals surface area contributed by atoms with Gasteiger partial charge in [-0.05, 0) is 42.8 Å². The number of rotatable bonds is 5. The van der Waals surface area contributed by atoms with Crippen LogP contribution in [-0.2, 0) is 6.54 Å². The summed E-state index contributed by atoms with van der Waals surface area (Å²) < 4.78 is 0. The van der Waals surface area contributed by atoms with E-state index in [-0.39, 0.29) is 17.5 Å². The fourth-order valence-electron chi connectivity index (χ4n) is 2.27. The minimum atomic E-state index is -0.300. The molecule has 1 aromatic carbocycles. The number of nitrogens with one attached hydrogen (secondary N) is 2. The van der Waals surface area contributed by atoms with Gasteiger partial charge in [0.15, 0.2) is 0 Å². The Morgan fingerprint density at radius 1 is 1.12 bits per heavy atom. The van der Waals surface area contributed by atoms with Crippen LogP contribution in [0.2, 0.25) is 10.0 Å². The smallest absolute Gasteiger partial charge is 0.270 e. The number of hydrogen-bond donors (Lipinski definition) is 2. The topological polar surface area (TPSA) is 79.8 Å². The highest BCUT2D eigenvalue weighted by atomic mass is 35.5. The number of amides is 1. The summed E-state index contributed by atoms with van der Waals surface area (Å²) in [6.45, 7) is 2.15. The minimum Gasteiger partial charge on any atom is -0.347 e. The Labute approximate surface area is 160 Å². The monoisotopic (exact) mass is 387 g/mol. The highest BCUT2D eigenvalue weighted by Gasteiger charge is 2.11. The van der Waals surface area contributed by atoms with E-state index in [9.17, 15) is 4.79 Å². The summed E-state index contributed by atoms with van der Waals surface area (Å²) in [5.41, 5.74) is 2.45. The zero-order valence-electron chi connectivity index (χ0n) is 13.8. The van der Waals surface area contributed by atoms with Crippen molar-refractivity contribution < 1.29 is 4.79 Å². The normalized spacial score (nSPS) is 10.4. The first-order valence-corrected chi connectivity index (χ1v) is 8.51. The molecule has 0 spiro atoms. The van der Waals surface area contributed by atoms with Crippen molar-refractivity contribution >= 4 is 40.7 Å². The number of carbonyl (C=O) groups excluding carboxylic acids is 1. The summed E-state index contributed by atoms with van der Waals surface area (Å²) in [5, 5.41) is 6.80. The van der Waals surface area contributed by atoms with Crippen LogP contribution < -0.4 is 10.6 Å². The first kappa shape index (κ1) is 18.1. The van der Waals surface area contributed by atoms with E-state index in [1.54, 1.807) is 43.6 Å². The summed E-state index contributed by atoms with van der Waals surface area (Å²) in [6.07, 6.45) is 3.38. The average Bonchev–Trinajstić information content (AvgIpc) is 2.59. The highest BCUT2D eigenvalue weighted by molar-refractivity contribution is 6.35. The van der Waals surface area contributed by atoms with Gasteiger partial charge in [0.2, 0.25) is 5.95 Å². The van der Waals surface area contributed by atoms with Crippen molar-refractivity contribution in [2.24, 2.45) is 0 Å². The molecular formula is C18H15Cl2N5O. The lowest BCUT2D eigenvalue weighted by Crippen LogP contribution is -2.24. The van der Waals surface area contributed by atoms with Gasteiger partial charge in [-0.2, -0.15) is 0 Å².